The van der Waals surface area contributed by atoms with Crippen LogP contribution < -0.4 is 10.3 Å². The second kappa shape index (κ2) is 11.2. The molecule has 2 saturated heterocycles. The van der Waals surface area contributed by atoms with Gasteiger partial charge in [-0.3, -0.25) is 20.0 Å². The summed E-state index contributed by atoms with van der Waals surface area (Å²) in [6.45, 7) is 4.45. The van der Waals surface area contributed by atoms with Crippen LogP contribution in [0, 0.1) is 17.1 Å². The lowest BCUT2D eigenvalue weighted by molar-refractivity contribution is -0.139. The molecule has 14 heteroatoms. The Morgan fingerprint density at radius 2 is 1.98 bits per heavy atom. The van der Waals surface area contributed by atoms with E-state index in [1.54, 1.807) is 28.8 Å². The maximum absolute atomic E-state index is 13.5. The maximum atomic E-state index is 13.5. The van der Waals surface area contributed by atoms with E-state index in [2.05, 4.69) is 28.2 Å². The molecule has 2 unspecified atom stereocenters. The number of carbonyl (C=O) groups is 1. The Morgan fingerprint density at radius 3 is 2.66 bits per heavy atom. The number of nitrogens with one attached hydrogen (secondary N) is 1. The molecule has 0 spiro atoms. The van der Waals surface area contributed by atoms with Crippen LogP contribution >= 0.6 is 23.1 Å². The monoisotopic (exact) mass is 599 g/mol. The molecule has 10 nitrogen and oxygen atoms in total. The fourth-order valence-electron chi connectivity index (χ4n) is 5.44. The number of nitriles is 1. The molecule has 0 bridgehead atoms. The summed E-state index contributed by atoms with van der Waals surface area (Å²) in [6, 6.07) is 8.46. The minimum Gasteiger partial charge on any atom is -0.336 e. The molecule has 0 aliphatic carbocycles. The van der Waals surface area contributed by atoms with E-state index in [1.807, 2.05) is 23.7 Å². The highest BCUT2D eigenvalue weighted by molar-refractivity contribution is 8.00. The number of halogens is 2. The first kappa shape index (κ1) is 27.9. The number of thioether (sulfide) groups is 1. The largest absolute Gasteiger partial charge is 0.336 e. The van der Waals surface area contributed by atoms with Crippen LogP contribution in [0.25, 0.3) is 11.3 Å². The first-order chi connectivity index (χ1) is 19.7. The average Bonchev–Trinajstić information content (AvgIpc) is 3.73. The molecular weight excluding hydrogens is 568 g/mol. The lowest BCUT2D eigenvalue weighted by Crippen LogP contribution is -2.55. The predicted octanol–water partition coefficient (Wildman–Crippen LogP) is 3.47. The van der Waals surface area contributed by atoms with Gasteiger partial charge in [-0.05, 0) is 55.9 Å². The fourth-order valence-corrected chi connectivity index (χ4v) is 7.39. The zero-order valence-corrected chi connectivity index (χ0v) is 24.7. The van der Waals surface area contributed by atoms with Crippen molar-refractivity contribution in [3.63, 3.8) is 0 Å². The summed E-state index contributed by atoms with van der Waals surface area (Å²) in [6.07, 6.45) is 0.769. The van der Waals surface area contributed by atoms with E-state index in [9.17, 15) is 18.8 Å². The number of thiazole rings is 1. The standard InChI is InChI=1S/C27H31F2N9OS2/c1-4-20-24(35(3)25-32-23(21(11-30)40-25)16-5-7-17(28)8-6-16)38-26(31-20)41-27(33-38)36-10-9-19(14-36)34(2)15-22(39)37-12-18(29)13-37/h5-8,18-19,27,33H,4,9-10,12-15H2,1-3H3. The molecule has 6 rings (SSSR count). The van der Waals surface area contributed by atoms with E-state index < -0.39 is 6.17 Å². The lowest BCUT2D eigenvalue weighted by atomic mass is 10.1. The predicted molar refractivity (Wildman–Crippen MR) is 155 cm³/mol. The number of fused-ring (bicyclic) bond motifs is 1. The molecule has 1 aromatic carbocycles. The van der Waals surface area contributed by atoms with Gasteiger partial charge in [0.05, 0.1) is 25.3 Å². The van der Waals surface area contributed by atoms with Crippen molar-refractivity contribution in [2.45, 2.75) is 42.6 Å². The number of rotatable bonds is 8. The van der Waals surface area contributed by atoms with Crippen molar-refractivity contribution in [1.82, 2.24) is 29.3 Å². The van der Waals surface area contributed by atoms with E-state index in [-0.39, 0.29) is 36.4 Å². The summed E-state index contributed by atoms with van der Waals surface area (Å²) in [7, 11) is 3.88. The molecule has 2 atom stereocenters. The number of imidazole rings is 1. The SMILES string of the molecule is CCc1nc2n(c1N(C)c1nc(-c3ccc(F)cc3)c(C#N)s1)NC(N1CCC(N(C)CC(=O)N3CC(F)C3)C1)S2. The summed E-state index contributed by atoms with van der Waals surface area (Å²) in [5.74, 6) is 0.505. The highest BCUT2D eigenvalue weighted by Gasteiger charge is 2.38. The van der Waals surface area contributed by atoms with Crippen LogP contribution in [0.1, 0.15) is 23.9 Å². The second-order valence-corrected chi connectivity index (χ2v) is 12.6. The molecule has 1 N–H and O–H groups in total. The molecule has 2 aromatic heterocycles. The Morgan fingerprint density at radius 1 is 1.22 bits per heavy atom. The maximum Gasteiger partial charge on any atom is 0.236 e. The van der Waals surface area contributed by atoms with E-state index >= 15 is 0 Å². The Labute approximate surface area is 245 Å². The van der Waals surface area contributed by atoms with E-state index in [4.69, 9.17) is 9.97 Å². The normalized spacial score (nSPS) is 20.7. The van der Waals surface area contributed by atoms with E-state index in [0.29, 0.717) is 27.8 Å². The second-order valence-electron chi connectivity index (χ2n) is 10.6. The zero-order chi connectivity index (χ0) is 28.8. The third kappa shape index (κ3) is 5.27. The van der Waals surface area contributed by atoms with Crippen LogP contribution in [0.15, 0.2) is 29.4 Å². The number of benzene rings is 1. The molecule has 3 aromatic rings. The number of hydrogen-bond acceptors (Lipinski definition) is 10. The summed E-state index contributed by atoms with van der Waals surface area (Å²) >= 11 is 2.94. The highest BCUT2D eigenvalue weighted by Crippen LogP contribution is 2.41. The minimum atomic E-state index is -0.888. The van der Waals surface area contributed by atoms with Crippen LogP contribution in [0.2, 0.25) is 0 Å². The summed E-state index contributed by atoms with van der Waals surface area (Å²) in [4.78, 5) is 30.5. The number of carbonyl (C=O) groups excluding carboxylic acids is 1. The van der Waals surface area contributed by atoms with Crippen molar-refractivity contribution >= 4 is 40.0 Å². The number of likely N-dealkylation sites (tertiary alicyclic amines) is 2. The Balaban J connectivity index is 1.16. The van der Waals surface area contributed by atoms with Gasteiger partial charge in [-0.1, -0.05) is 18.3 Å². The van der Waals surface area contributed by atoms with Crippen LogP contribution in [0.4, 0.5) is 19.7 Å². The summed E-state index contributed by atoms with van der Waals surface area (Å²) in [5, 5.41) is 11.3. The summed E-state index contributed by atoms with van der Waals surface area (Å²) in [5.41, 5.74) is 5.71. The number of nitrogens with zero attached hydrogens (tertiary/aromatic N) is 8. The number of anilines is 2. The molecule has 41 heavy (non-hydrogen) atoms. The molecule has 0 radical (unpaired) electrons. The molecule has 3 aliphatic heterocycles. The van der Waals surface area contributed by atoms with E-state index in [1.165, 1.54) is 23.5 Å². The van der Waals surface area contributed by atoms with Crippen LogP contribution in [-0.2, 0) is 11.2 Å². The fraction of sp³-hybridized carbons (Fsp3) is 0.481. The Hall–Kier alpha value is -3.25. The van der Waals surface area contributed by atoms with Gasteiger partial charge >= 0.3 is 0 Å². The van der Waals surface area contributed by atoms with Gasteiger partial charge in [-0.15, -0.1) is 0 Å². The first-order valence-electron chi connectivity index (χ1n) is 13.6. The van der Waals surface area contributed by atoms with Crippen molar-refractivity contribution < 1.29 is 13.6 Å². The van der Waals surface area contributed by atoms with Gasteiger partial charge in [0.1, 0.15) is 34.1 Å². The van der Waals surface area contributed by atoms with E-state index in [0.717, 1.165) is 42.6 Å². The van der Waals surface area contributed by atoms with Crippen molar-refractivity contribution in [3.8, 4) is 17.3 Å². The number of amides is 1. The van der Waals surface area contributed by atoms with Gasteiger partial charge < -0.3 is 9.80 Å². The lowest BCUT2D eigenvalue weighted by Gasteiger charge is -2.36. The van der Waals surface area contributed by atoms with Gasteiger partial charge in [0.15, 0.2) is 16.1 Å². The number of hydrogen-bond donors (Lipinski definition) is 1. The molecule has 2 fully saturated rings. The van der Waals surface area contributed by atoms with Crippen molar-refractivity contribution in [3.05, 3.63) is 40.7 Å². The van der Waals surface area contributed by atoms with Gasteiger partial charge in [0.25, 0.3) is 0 Å². The average molecular weight is 600 g/mol. The van der Waals surface area contributed by atoms with Gasteiger partial charge in [0, 0.05) is 31.7 Å². The van der Waals surface area contributed by atoms with Gasteiger partial charge in [-0.25, -0.2) is 23.4 Å². The zero-order valence-electron chi connectivity index (χ0n) is 23.0. The Bertz CT molecular complexity index is 1480. The summed E-state index contributed by atoms with van der Waals surface area (Å²) < 4.78 is 28.6. The molecule has 5 heterocycles. The minimum absolute atomic E-state index is 0.0162. The van der Waals surface area contributed by atoms with Gasteiger partial charge in [0.2, 0.25) is 5.91 Å². The molecule has 0 saturated carbocycles. The van der Waals surface area contributed by atoms with Gasteiger partial charge in [-0.2, -0.15) is 5.26 Å². The Kier molecular flexibility index (Phi) is 7.62. The number of likely N-dealkylation sites (N-methyl/N-ethyl adjacent to an activating group) is 1. The van der Waals surface area contributed by atoms with Crippen molar-refractivity contribution in [1.29, 1.82) is 5.26 Å². The molecule has 1 amide bonds. The molecular formula is C27H31F2N9OS2. The quantitative estimate of drug-likeness (QED) is 0.418. The van der Waals surface area contributed by atoms with Crippen molar-refractivity contribution in [2.75, 3.05) is 57.1 Å². The van der Waals surface area contributed by atoms with Crippen LogP contribution in [0.5, 0.6) is 0 Å². The third-order valence-corrected chi connectivity index (χ3v) is 10.00. The number of alkyl halides is 1. The number of aryl methyl sites for hydroxylation is 1. The first-order valence-corrected chi connectivity index (χ1v) is 15.3. The third-order valence-electron chi connectivity index (χ3n) is 7.85. The molecule has 3 aliphatic rings. The smallest absolute Gasteiger partial charge is 0.236 e. The van der Waals surface area contributed by atoms with Crippen molar-refractivity contribution in [2.24, 2.45) is 0 Å². The number of aromatic nitrogens is 3. The highest BCUT2D eigenvalue weighted by atomic mass is 32.2. The topological polar surface area (TPSA) is 96.6 Å². The molecule has 216 valence electrons. The van der Waals surface area contributed by atoms with Crippen LogP contribution in [-0.4, -0.2) is 99.8 Å². The van der Waals surface area contributed by atoms with Crippen LogP contribution in [0.3, 0.4) is 0 Å².